The number of aromatic amines is 1. The molecule has 128 valence electrons. The highest BCUT2D eigenvalue weighted by Crippen LogP contribution is 2.30. The Bertz CT molecular complexity index is 1070. The summed E-state index contributed by atoms with van der Waals surface area (Å²) in [5, 5.41) is 11.8. The molecule has 1 aliphatic carbocycles. The van der Waals surface area contributed by atoms with E-state index in [0.29, 0.717) is 12.8 Å². The molecule has 3 aromatic rings. The van der Waals surface area contributed by atoms with E-state index in [1.54, 1.807) is 0 Å². The van der Waals surface area contributed by atoms with Crippen molar-refractivity contribution in [2.75, 3.05) is 0 Å². The van der Waals surface area contributed by atoms with Gasteiger partial charge in [-0.15, -0.1) is 0 Å². The lowest BCUT2D eigenvalue weighted by Gasteiger charge is -2.13. The second-order valence-corrected chi connectivity index (χ2v) is 7.82. The number of non-ortho nitro benzene ring substituents is 1. The smallest absolute Gasteiger partial charge is 0.269 e. The molecule has 1 unspecified atom stereocenters. The van der Waals surface area contributed by atoms with Crippen LogP contribution in [0.3, 0.4) is 0 Å². The third kappa shape index (κ3) is 2.79. The average molecular weight is 357 g/mol. The van der Waals surface area contributed by atoms with Crippen LogP contribution in [0.2, 0.25) is 0 Å². The molecule has 0 aliphatic heterocycles. The van der Waals surface area contributed by atoms with Gasteiger partial charge in [-0.3, -0.25) is 10.1 Å². The van der Waals surface area contributed by atoms with E-state index in [-0.39, 0.29) is 16.6 Å². The molecule has 2 N–H and O–H groups in total. The number of aromatic nitrogens is 1. The number of H-pyrrole nitrogens is 1. The number of nitrogens with one attached hydrogen (secondary N) is 2. The van der Waals surface area contributed by atoms with Gasteiger partial charge in [0.15, 0.2) is 0 Å². The number of benzene rings is 2. The van der Waals surface area contributed by atoms with Gasteiger partial charge in [0.2, 0.25) is 10.0 Å². The van der Waals surface area contributed by atoms with Crippen LogP contribution in [-0.4, -0.2) is 24.4 Å². The zero-order chi connectivity index (χ0) is 17.6. The molecular weight excluding hydrogens is 342 g/mol. The molecule has 7 nitrogen and oxygen atoms in total. The van der Waals surface area contributed by atoms with Crippen molar-refractivity contribution in [3.8, 4) is 0 Å². The van der Waals surface area contributed by atoms with Crippen LogP contribution in [0.15, 0.2) is 53.4 Å². The molecule has 2 aromatic carbocycles. The number of fused-ring (bicyclic) bond motifs is 3. The van der Waals surface area contributed by atoms with Gasteiger partial charge in [0.1, 0.15) is 0 Å². The first-order valence-corrected chi connectivity index (χ1v) is 9.27. The zero-order valence-electron chi connectivity index (χ0n) is 13.1. The quantitative estimate of drug-likeness (QED) is 0.553. The first-order valence-electron chi connectivity index (χ1n) is 7.79. The molecule has 4 rings (SSSR count). The van der Waals surface area contributed by atoms with Crippen LogP contribution < -0.4 is 4.72 Å². The van der Waals surface area contributed by atoms with E-state index in [9.17, 15) is 18.5 Å². The summed E-state index contributed by atoms with van der Waals surface area (Å²) in [7, 11) is -3.72. The van der Waals surface area contributed by atoms with Gasteiger partial charge < -0.3 is 4.98 Å². The number of para-hydroxylation sites is 1. The van der Waals surface area contributed by atoms with Crippen molar-refractivity contribution in [2.45, 2.75) is 23.8 Å². The summed E-state index contributed by atoms with van der Waals surface area (Å²) in [5.41, 5.74) is 3.12. The number of nitro groups is 1. The molecule has 0 saturated carbocycles. The summed E-state index contributed by atoms with van der Waals surface area (Å²) in [5.74, 6) is 0. The minimum Gasteiger partial charge on any atom is -0.358 e. The minimum absolute atomic E-state index is 0.0264. The van der Waals surface area contributed by atoms with Crippen molar-refractivity contribution >= 4 is 26.6 Å². The molecule has 0 spiro atoms. The Labute approximate surface area is 143 Å². The SMILES string of the molecule is O=[N+]([O-])c1ccc(S(=O)(=O)NC2Cc3[nH]c4ccccc4c3C2)cc1. The van der Waals surface area contributed by atoms with Gasteiger partial charge in [0, 0.05) is 41.2 Å². The maximum atomic E-state index is 12.5. The summed E-state index contributed by atoms with van der Waals surface area (Å²) in [6.45, 7) is 0. The molecule has 0 radical (unpaired) electrons. The van der Waals surface area contributed by atoms with Gasteiger partial charge in [0.05, 0.1) is 9.82 Å². The predicted octanol–water partition coefficient (Wildman–Crippen LogP) is 2.52. The molecule has 0 amide bonds. The topological polar surface area (TPSA) is 105 Å². The lowest BCUT2D eigenvalue weighted by molar-refractivity contribution is -0.384. The van der Waals surface area contributed by atoms with Crippen molar-refractivity contribution in [1.82, 2.24) is 9.71 Å². The maximum absolute atomic E-state index is 12.5. The van der Waals surface area contributed by atoms with Crippen LogP contribution >= 0.6 is 0 Å². The van der Waals surface area contributed by atoms with Gasteiger partial charge in [-0.05, 0) is 30.2 Å². The first kappa shape index (κ1) is 15.8. The highest BCUT2D eigenvalue weighted by molar-refractivity contribution is 7.89. The van der Waals surface area contributed by atoms with Gasteiger partial charge in [-0.1, -0.05) is 18.2 Å². The fourth-order valence-corrected chi connectivity index (χ4v) is 4.58. The molecular formula is C17H15N3O4S. The summed E-state index contributed by atoms with van der Waals surface area (Å²) < 4.78 is 27.7. The van der Waals surface area contributed by atoms with Crippen molar-refractivity contribution in [3.63, 3.8) is 0 Å². The van der Waals surface area contributed by atoms with E-state index >= 15 is 0 Å². The molecule has 0 fully saturated rings. The second kappa shape index (κ2) is 5.68. The van der Waals surface area contributed by atoms with Crippen LogP contribution in [0, 0.1) is 10.1 Å². The molecule has 25 heavy (non-hydrogen) atoms. The second-order valence-electron chi connectivity index (χ2n) is 6.11. The Hall–Kier alpha value is -2.71. The third-order valence-electron chi connectivity index (χ3n) is 4.48. The van der Waals surface area contributed by atoms with E-state index in [0.717, 1.165) is 22.2 Å². The standard InChI is InChI=1S/C17H15N3O4S/c21-20(22)12-5-7-13(8-6-12)25(23,24)19-11-9-15-14-3-1-2-4-16(14)18-17(15)10-11/h1-8,11,18-19H,9-10H2. The Balaban J connectivity index is 1.54. The normalized spacial score (nSPS) is 16.9. The van der Waals surface area contributed by atoms with Gasteiger partial charge in [0.25, 0.3) is 5.69 Å². The number of hydrogen-bond acceptors (Lipinski definition) is 4. The Kier molecular flexibility index (Phi) is 3.59. The number of rotatable bonds is 4. The Morgan fingerprint density at radius 1 is 1.08 bits per heavy atom. The lowest BCUT2D eigenvalue weighted by Crippen LogP contribution is -2.35. The molecule has 1 aliphatic rings. The Morgan fingerprint density at radius 3 is 2.52 bits per heavy atom. The van der Waals surface area contributed by atoms with Crippen LogP contribution in [0.25, 0.3) is 10.9 Å². The molecule has 1 aromatic heterocycles. The maximum Gasteiger partial charge on any atom is 0.269 e. The van der Waals surface area contributed by atoms with Crippen molar-refractivity contribution in [3.05, 3.63) is 69.9 Å². The van der Waals surface area contributed by atoms with Crippen molar-refractivity contribution in [1.29, 1.82) is 0 Å². The van der Waals surface area contributed by atoms with E-state index in [1.807, 2.05) is 24.3 Å². The van der Waals surface area contributed by atoms with Crippen molar-refractivity contribution in [2.24, 2.45) is 0 Å². The molecule has 8 heteroatoms. The monoisotopic (exact) mass is 357 g/mol. The number of nitro benzene ring substituents is 1. The third-order valence-corrected chi connectivity index (χ3v) is 6.02. The van der Waals surface area contributed by atoms with Gasteiger partial charge in [-0.2, -0.15) is 0 Å². The summed E-state index contributed by atoms with van der Waals surface area (Å²) in [6.07, 6.45) is 1.21. The van der Waals surface area contributed by atoms with Crippen LogP contribution in [-0.2, 0) is 22.9 Å². The van der Waals surface area contributed by atoms with E-state index in [1.165, 1.54) is 24.3 Å². The van der Waals surface area contributed by atoms with Crippen molar-refractivity contribution < 1.29 is 13.3 Å². The largest absolute Gasteiger partial charge is 0.358 e. The summed E-state index contributed by atoms with van der Waals surface area (Å²) >= 11 is 0. The minimum atomic E-state index is -3.72. The van der Waals surface area contributed by atoms with E-state index < -0.39 is 14.9 Å². The summed E-state index contributed by atoms with van der Waals surface area (Å²) in [6, 6.07) is 12.6. The fourth-order valence-electron chi connectivity index (χ4n) is 3.35. The lowest BCUT2D eigenvalue weighted by atomic mass is 10.1. The van der Waals surface area contributed by atoms with E-state index in [4.69, 9.17) is 0 Å². The Morgan fingerprint density at radius 2 is 1.80 bits per heavy atom. The summed E-state index contributed by atoms with van der Waals surface area (Å²) in [4.78, 5) is 13.5. The number of sulfonamides is 1. The van der Waals surface area contributed by atoms with Crippen LogP contribution in [0.5, 0.6) is 0 Å². The zero-order valence-corrected chi connectivity index (χ0v) is 13.9. The molecule has 0 bridgehead atoms. The molecule has 1 atom stereocenters. The number of nitrogens with zero attached hydrogens (tertiary/aromatic N) is 1. The highest BCUT2D eigenvalue weighted by Gasteiger charge is 2.29. The highest BCUT2D eigenvalue weighted by atomic mass is 32.2. The first-order chi connectivity index (χ1) is 11.9. The van der Waals surface area contributed by atoms with Crippen LogP contribution in [0.1, 0.15) is 11.3 Å². The molecule has 1 heterocycles. The fraction of sp³-hybridized carbons (Fsp3) is 0.176. The van der Waals surface area contributed by atoms with Gasteiger partial charge in [-0.25, -0.2) is 13.1 Å². The van der Waals surface area contributed by atoms with Gasteiger partial charge >= 0.3 is 0 Å². The predicted molar refractivity (Wildman–Crippen MR) is 92.9 cm³/mol. The average Bonchev–Trinajstić information content (AvgIpc) is 3.11. The van der Waals surface area contributed by atoms with Crippen LogP contribution in [0.4, 0.5) is 5.69 Å². The number of hydrogen-bond donors (Lipinski definition) is 2. The molecule has 0 saturated heterocycles. The van der Waals surface area contributed by atoms with E-state index in [2.05, 4.69) is 9.71 Å².